The lowest BCUT2D eigenvalue weighted by Gasteiger charge is -2.33. The third-order valence-electron chi connectivity index (χ3n) is 4.27. The van der Waals surface area contributed by atoms with Crippen molar-refractivity contribution in [2.45, 2.75) is 59.1 Å². The highest BCUT2D eigenvalue weighted by molar-refractivity contribution is 5.74. The van der Waals surface area contributed by atoms with Gasteiger partial charge in [-0.1, -0.05) is 17.7 Å². The molecule has 3 amide bonds. The number of urea groups is 1. The van der Waals surface area contributed by atoms with Crippen LogP contribution in [-0.4, -0.2) is 48.5 Å². The van der Waals surface area contributed by atoms with Gasteiger partial charge in [0.15, 0.2) is 6.73 Å². The summed E-state index contributed by atoms with van der Waals surface area (Å²) in [5.41, 5.74) is 1.71. The first-order valence-corrected chi connectivity index (χ1v) is 9.36. The minimum atomic E-state index is -0.498. The number of carbonyl (C=O) groups excluding carboxylic acids is 2. The molecule has 1 fully saturated rings. The smallest absolute Gasteiger partial charge is 0.410 e. The van der Waals surface area contributed by atoms with Crippen LogP contribution in [0, 0.1) is 13.8 Å². The maximum atomic E-state index is 12.1. The second-order valence-electron chi connectivity index (χ2n) is 7.95. The Hall–Kier alpha value is -2.44. The fraction of sp³-hybridized carbons (Fsp3) is 0.600. The zero-order valence-electron chi connectivity index (χ0n) is 16.9. The van der Waals surface area contributed by atoms with E-state index in [4.69, 9.17) is 9.47 Å². The molecule has 0 aromatic heterocycles. The molecule has 27 heavy (non-hydrogen) atoms. The Morgan fingerprint density at radius 3 is 2.44 bits per heavy atom. The van der Waals surface area contributed by atoms with Crippen molar-refractivity contribution in [1.82, 2.24) is 15.5 Å². The molecule has 0 spiro atoms. The number of carbonyl (C=O) groups is 2. The monoisotopic (exact) mass is 377 g/mol. The van der Waals surface area contributed by atoms with Crippen LogP contribution in [-0.2, 0) is 4.74 Å². The molecule has 7 heteroatoms. The van der Waals surface area contributed by atoms with E-state index >= 15 is 0 Å². The molecule has 1 saturated heterocycles. The van der Waals surface area contributed by atoms with Gasteiger partial charge in [-0.25, -0.2) is 9.59 Å². The van der Waals surface area contributed by atoms with Crippen LogP contribution in [0.25, 0.3) is 0 Å². The molecule has 0 saturated carbocycles. The van der Waals surface area contributed by atoms with Gasteiger partial charge in [0.25, 0.3) is 0 Å². The second kappa shape index (κ2) is 8.97. The van der Waals surface area contributed by atoms with E-state index in [0.29, 0.717) is 25.9 Å². The van der Waals surface area contributed by atoms with Gasteiger partial charge in [0.05, 0.1) is 0 Å². The molecule has 1 aliphatic rings. The molecule has 2 N–H and O–H groups in total. The number of piperidine rings is 1. The maximum absolute atomic E-state index is 12.1. The third-order valence-corrected chi connectivity index (χ3v) is 4.27. The largest absolute Gasteiger partial charge is 0.473 e. The van der Waals surface area contributed by atoms with Crippen molar-refractivity contribution in [3.8, 4) is 5.75 Å². The number of benzene rings is 1. The number of amides is 3. The molecule has 0 radical (unpaired) electrons. The highest BCUT2D eigenvalue weighted by Crippen LogP contribution is 2.18. The zero-order chi connectivity index (χ0) is 20.0. The molecule has 1 heterocycles. The Kier molecular flexibility index (Phi) is 6.93. The summed E-state index contributed by atoms with van der Waals surface area (Å²) in [6.45, 7) is 10.8. The average molecular weight is 377 g/mol. The molecule has 0 unspecified atom stereocenters. The maximum Gasteiger partial charge on any atom is 0.410 e. The summed E-state index contributed by atoms with van der Waals surface area (Å²) in [5.74, 6) is 0.756. The average Bonchev–Trinajstić information content (AvgIpc) is 2.56. The van der Waals surface area contributed by atoms with Crippen molar-refractivity contribution in [2.75, 3.05) is 19.8 Å². The minimum absolute atomic E-state index is 0.0322. The van der Waals surface area contributed by atoms with Crippen LogP contribution >= 0.6 is 0 Å². The van der Waals surface area contributed by atoms with E-state index < -0.39 is 5.60 Å². The van der Waals surface area contributed by atoms with Gasteiger partial charge in [-0.15, -0.1) is 0 Å². The highest BCUT2D eigenvalue weighted by atomic mass is 16.6. The minimum Gasteiger partial charge on any atom is -0.473 e. The molecule has 1 aromatic carbocycles. The van der Waals surface area contributed by atoms with Crippen LogP contribution in [0.4, 0.5) is 9.59 Å². The fourth-order valence-corrected chi connectivity index (χ4v) is 2.91. The summed E-state index contributed by atoms with van der Waals surface area (Å²) in [7, 11) is 0. The molecule has 0 bridgehead atoms. The van der Waals surface area contributed by atoms with Crippen molar-refractivity contribution in [3.63, 3.8) is 0 Å². The molecule has 150 valence electrons. The van der Waals surface area contributed by atoms with Crippen LogP contribution in [0.15, 0.2) is 18.2 Å². The Balaban J connectivity index is 1.68. The summed E-state index contributed by atoms with van der Waals surface area (Å²) < 4.78 is 11.0. The van der Waals surface area contributed by atoms with Crippen LogP contribution in [0.3, 0.4) is 0 Å². The molecule has 2 rings (SSSR count). The number of ether oxygens (including phenoxy) is 2. The third kappa shape index (κ3) is 7.00. The van der Waals surface area contributed by atoms with E-state index in [-0.39, 0.29) is 24.9 Å². The molecule has 0 atom stereocenters. The topological polar surface area (TPSA) is 79.9 Å². The van der Waals surface area contributed by atoms with Gasteiger partial charge in [-0.3, -0.25) is 0 Å². The number of rotatable bonds is 4. The zero-order valence-corrected chi connectivity index (χ0v) is 16.9. The summed E-state index contributed by atoms with van der Waals surface area (Å²) in [4.78, 5) is 25.8. The molecular weight excluding hydrogens is 346 g/mol. The first-order chi connectivity index (χ1) is 12.6. The van der Waals surface area contributed by atoms with Crippen molar-refractivity contribution in [3.05, 3.63) is 29.3 Å². The van der Waals surface area contributed by atoms with Crippen LogP contribution in [0.2, 0.25) is 0 Å². The first-order valence-electron chi connectivity index (χ1n) is 9.36. The summed E-state index contributed by atoms with van der Waals surface area (Å²) in [5, 5.41) is 5.64. The fourth-order valence-electron chi connectivity index (χ4n) is 2.91. The van der Waals surface area contributed by atoms with E-state index in [0.717, 1.165) is 11.3 Å². The predicted octanol–water partition coefficient (Wildman–Crippen LogP) is 3.34. The van der Waals surface area contributed by atoms with E-state index in [1.54, 1.807) is 4.90 Å². The van der Waals surface area contributed by atoms with Crippen molar-refractivity contribution < 1.29 is 19.1 Å². The number of aryl methyl sites for hydroxylation is 2. The van der Waals surface area contributed by atoms with Gasteiger partial charge in [0, 0.05) is 19.1 Å². The first kappa shape index (κ1) is 20.9. The number of likely N-dealkylation sites (tertiary alicyclic amines) is 1. The molecule has 7 nitrogen and oxygen atoms in total. The van der Waals surface area contributed by atoms with E-state index in [1.165, 1.54) is 5.56 Å². The molecule has 1 aromatic rings. The highest BCUT2D eigenvalue weighted by Gasteiger charge is 2.27. The lowest BCUT2D eigenvalue weighted by molar-refractivity contribution is 0.0201. The van der Waals surface area contributed by atoms with Crippen molar-refractivity contribution in [1.29, 1.82) is 0 Å². The molecular formula is C20H31N3O4. The second-order valence-corrected chi connectivity index (χ2v) is 7.95. The van der Waals surface area contributed by atoms with Crippen LogP contribution < -0.4 is 15.4 Å². The Labute approximate surface area is 161 Å². The Bertz CT molecular complexity index is 662. The van der Waals surface area contributed by atoms with E-state index in [1.807, 2.05) is 52.8 Å². The predicted molar refractivity (Wildman–Crippen MR) is 104 cm³/mol. The molecule has 0 aliphatic carbocycles. The summed E-state index contributed by atoms with van der Waals surface area (Å²) in [6, 6.07) is 5.67. The Morgan fingerprint density at radius 2 is 1.85 bits per heavy atom. The lowest BCUT2D eigenvalue weighted by atomic mass is 10.1. The number of nitrogens with zero attached hydrogens (tertiary/aromatic N) is 1. The Morgan fingerprint density at radius 1 is 1.19 bits per heavy atom. The van der Waals surface area contributed by atoms with Gasteiger partial charge in [-0.05, 0) is 59.1 Å². The van der Waals surface area contributed by atoms with Crippen LogP contribution in [0.5, 0.6) is 5.75 Å². The normalized spacial score (nSPS) is 15.2. The van der Waals surface area contributed by atoms with Gasteiger partial charge >= 0.3 is 12.1 Å². The van der Waals surface area contributed by atoms with Gasteiger partial charge in [0.2, 0.25) is 0 Å². The number of hydrogen-bond donors (Lipinski definition) is 2. The standard InChI is InChI=1S/C20H31N3O4/c1-14-6-7-17(15(2)12-14)26-13-21-18(24)22-16-8-10-23(11-9-16)19(25)27-20(3,4)5/h6-7,12,16H,8-11,13H2,1-5H3,(H2,21,22,24). The van der Waals surface area contributed by atoms with Crippen molar-refractivity contribution in [2.24, 2.45) is 0 Å². The van der Waals surface area contributed by atoms with Crippen LogP contribution in [0.1, 0.15) is 44.7 Å². The van der Waals surface area contributed by atoms with Gasteiger partial charge < -0.3 is 25.0 Å². The summed E-state index contributed by atoms with van der Waals surface area (Å²) in [6.07, 6.45) is 1.10. The van der Waals surface area contributed by atoms with Gasteiger partial charge in [0.1, 0.15) is 11.4 Å². The molecule has 1 aliphatic heterocycles. The van der Waals surface area contributed by atoms with Gasteiger partial charge in [-0.2, -0.15) is 0 Å². The van der Waals surface area contributed by atoms with Crippen molar-refractivity contribution >= 4 is 12.1 Å². The van der Waals surface area contributed by atoms with E-state index in [2.05, 4.69) is 10.6 Å². The number of hydrogen-bond acceptors (Lipinski definition) is 4. The summed E-state index contributed by atoms with van der Waals surface area (Å²) >= 11 is 0. The SMILES string of the molecule is Cc1ccc(OCNC(=O)NC2CCN(C(=O)OC(C)(C)C)CC2)c(C)c1. The van der Waals surface area contributed by atoms with E-state index in [9.17, 15) is 9.59 Å². The number of nitrogens with one attached hydrogen (secondary N) is 2. The quantitative estimate of drug-likeness (QED) is 0.789. The lowest BCUT2D eigenvalue weighted by Crippen LogP contribution is -2.50.